The number of aromatic amines is 1. The number of H-pyrrole nitrogens is 1. The quantitative estimate of drug-likeness (QED) is 0.656. The summed E-state index contributed by atoms with van der Waals surface area (Å²) in [6, 6.07) is 8.96. The number of piperidine rings is 1. The fourth-order valence-corrected chi connectivity index (χ4v) is 3.56. The van der Waals surface area contributed by atoms with E-state index in [4.69, 9.17) is 5.11 Å². The summed E-state index contributed by atoms with van der Waals surface area (Å²) in [5, 5.41) is 12.5. The van der Waals surface area contributed by atoms with E-state index in [1.807, 2.05) is 24.3 Å². The van der Waals surface area contributed by atoms with E-state index in [2.05, 4.69) is 25.2 Å². The Hall–Kier alpha value is -3.42. The van der Waals surface area contributed by atoms with Gasteiger partial charge in [0.05, 0.1) is 5.52 Å². The van der Waals surface area contributed by atoms with Crippen LogP contribution in [-0.4, -0.2) is 45.3 Å². The average Bonchev–Trinajstić information content (AvgIpc) is 2.67. The standard InChI is InChI=1S/C19H19N5O3/c25-17-6-8-21-18(23-17)12-3-4-15-14(10-12)16(5-7-20-15)24-9-1-2-13(11-24)22-19(26)27/h3-8,10,13,22H,1-2,9,11H2,(H,26,27)(H,21,23,25)/t13-/m0/s1. The highest BCUT2D eigenvalue weighted by molar-refractivity contribution is 5.94. The van der Waals surface area contributed by atoms with E-state index < -0.39 is 6.09 Å². The van der Waals surface area contributed by atoms with Crippen molar-refractivity contribution in [2.24, 2.45) is 0 Å². The van der Waals surface area contributed by atoms with Crippen LogP contribution in [0.1, 0.15) is 12.8 Å². The minimum atomic E-state index is -0.997. The lowest BCUT2D eigenvalue weighted by Gasteiger charge is -2.34. The van der Waals surface area contributed by atoms with Gasteiger partial charge in [-0.25, -0.2) is 9.78 Å². The van der Waals surface area contributed by atoms with Crippen molar-refractivity contribution in [3.8, 4) is 11.4 Å². The van der Waals surface area contributed by atoms with E-state index >= 15 is 0 Å². The smallest absolute Gasteiger partial charge is 0.404 e. The third-order valence-electron chi connectivity index (χ3n) is 4.75. The Morgan fingerprint density at radius 1 is 1.22 bits per heavy atom. The molecule has 27 heavy (non-hydrogen) atoms. The first-order valence-electron chi connectivity index (χ1n) is 8.79. The molecule has 1 aromatic carbocycles. The predicted octanol–water partition coefficient (Wildman–Crippen LogP) is 2.22. The molecule has 0 saturated carbocycles. The molecule has 0 aliphatic carbocycles. The predicted molar refractivity (Wildman–Crippen MR) is 102 cm³/mol. The molecular formula is C19H19N5O3. The summed E-state index contributed by atoms with van der Waals surface area (Å²) < 4.78 is 0. The largest absolute Gasteiger partial charge is 0.465 e. The lowest BCUT2D eigenvalue weighted by atomic mass is 10.0. The van der Waals surface area contributed by atoms with Gasteiger partial charge >= 0.3 is 6.09 Å². The molecule has 0 radical (unpaired) electrons. The normalized spacial score (nSPS) is 17.0. The van der Waals surface area contributed by atoms with Gasteiger partial charge in [0.2, 0.25) is 0 Å². The van der Waals surface area contributed by atoms with Crippen LogP contribution in [0.4, 0.5) is 10.5 Å². The minimum absolute atomic E-state index is 0.102. The van der Waals surface area contributed by atoms with Crippen molar-refractivity contribution in [1.82, 2.24) is 20.3 Å². The van der Waals surface area contributed by atoms with Gasteiger partial charge in [0.15, 0.2) is 0 Å². The molecule has 138 valence electrons. The summed E-state index contributed by atoms with van der Waals surface area (Å²) in [5.74, 6) is 0.503. The summed E-state index contributed by atoms with van der Waals surface area (Å²) in [5.41, 5.74) is 2.43. The number of pyridine rings is 1. The number of anilines is 1. The van der Waals surface area contributed by atoms with Crippen LogP contribution in [0.25, 0.3) is 22.3 Å². The van der Waals surface area contributed by atoms with Crippen molar-refractivity contribution >= 4 is 22.7 Å². The van der Waals surface area contributed by atoms with Gasteiger partial charge in [-0.2, -0.15) is 0 Å². The first-order valence-corrected chi connectivity index (χ1v) is 8.79. The van der Waals surface area contributed by atoms with Gasteiger partial charge in [0, 0.05) is 54.2 Å². The number of amides is 1. The molecule has 1 aliphatic rings. The number of fused-ring (bicyclic) bond motifs is 1. The van der Waals surface area contributed by atoms with Crippen molar-refractivity contribution < 1.29 is 9.90 Å². The molecule has 4 rings (SSSR count). The van der Waals surface area contributed by atoms with E-state index in [0.29, 0.717) is 12.4 Å². The molecular weight excluding hydrogens is 346 g/mol. The summed E-state index contributed by atoms with van der Waals surface area (Å²) in [7, 11) is 0. The summed E-state index contributed by atoms with van der Waals surface area (Å²) in [6.45, 7) is 1.46. The summed E-state index contributed by atoms with van der Waals surface area (Å²) in [6.07, 6.45) is 3.97. The molecule has 1 amide bonds. The van der Waals surface area contributed by atoms with E-state index in [-0.39, 0.29) is 11.6 Å². The van der Waals surface area contributed by atoms with E-state index in [0.717, 1.165) is 41.5 Å². The van der Waals surface area contributed by atoms with Crippen molar-refractivity contribution in [2.45, 2.75) is 18.9 Å². The highest BCUT2D eigenvalue weighted by Gasteiger charge is 2.22. The molecule has 3 N–H and O–H groups in total. The first kappa shape index (κ1) is 17.0. The molecule has 0 spiro atoms. The lowest BCUT2D eigenvalue weighted by molar-refractivity contribution is 0.188. The van der Waals surface area contributed by atoms with Crippen LogP contribution in [0.5, 0.6) is 0 Å². The molecule has 1 fully saturated rings. The zero-order chi connectivity index (χ0) is 18.8. The van der Waals surface area contributed by atoms with E-state index in [1.165, 1.54) is 12.3 Å². The number of hydrogen-bond donors (Lipinski definition) is 3. The van der Waals surface area contributed by atoms with Gasteiger partial charge in [0.25, 0.3) is 5.56 Å². The van der Waals surface area contributed by atoms with Crippen LogP contribution in [-0.2, 0) is 0 Å². The molecule has 8 heteroatoms. The molecule has 3 aromatic rings. The monoisotopic (exact) mass is 365 g/mol. The van der Waals surface area contributed by atoms with Crippen molar-refractivity contribution in [3.05, 3.63) is 53.1 Å². The van der Waals surface area contributed by atoms with Gasteiger partial charge in [-0.15, -0.1) is 0 Å². The molecule has 0 bridgehead atoms. The molecule has 8 nitrogen and oxygen atoms in total. The maximum Gasteiger partial charge on any atom is 0.404 e. The Morgan fingerprint density at radius 2 is 2.07 bits per heavy atom. The van der Waals surface area contributed by atoms with Crippen LogP contribution < -0.4 is 15.8 Å². The maximum atomic E-state index is 11.6. The molecule has 0 unspecified atom stereocenters. The first-order chi connectivity index (χ1) is 13.1. The second-order valence-electron chi connectivity index (χ2n) is 6.58. The van der Waals surface area contributed by atoms with Crippen LogP contribution >= 0.6 is 0 Å². The van der Waals surface area contributed by atoms with Crippen LogP contribution in [0.15, 0.2) is 47.5 Å². The van der Waals surface area contributed by atoms with Gasteiger partial charge < -0.3 is 20.3 Å². The number of carbonyl (C=O) groups is 1. The van der Waals surface area contributed by atoms with Crippen molar-refractivity contribution in [3.63, 3.8) is 0 Å². The topological polar surface area (TPSA) is 111 Å². The fraction of sp³-hybridized carbons (Fsp3) is 0.263. The Kier molecular flexibility index (Phi) is 4.45. The number of carboxylic acid groups (broad SMARTS) is 1. The van der Waals surface area contributed by atoms with E-state index in [1.54, 1.807) is 6.20 Å². The average molecular weight is 365 g/mol. The Bertz CT molecular complexity index is 1050. The Morgan fingerprint density at radius 3 is 2.89 bits per heavy atom. The number of rotatable bonds is 3. The molecule has 2 aromatic heterocycles. The minimum Gasteiger partial charge on any atom is -0.465 e. The number of nitrogens with one attached hydrogen (secondary N) is 2. The maximum absolute atomic E-state index is 11.6. The molecule has 1 aliphatic heterocycles. The molecule has 1 saturated heterocycles. The summed E-state index contributed by atoms with van der Waals surface area (Å²) in [4.78, 5) is 36.2. The second kappa shape index (κ2) is 7.06. The summed E-state index contributed by atoms with van der Waals surface area (Å²) >= 11 is 0. The van der Waals surface area contributed by atoms with Gasteiger partial charge in [-0.3, -0.25) is 9.78 Å². The third kappa shape index (κ3) is 3.59. The van der Waals surface area contributed by atoms with E-state index in [9.17, 15) is 9.59 Å². The number of nitrogens with zero attached hydrogens (tertiary/aromatic N) is 3. The van der Waals surface area contributed by atoms with Crippen LogP contribution in [0.2, 0.25) is 0 Å². The zero-order valence-corrected chi connectivity index (χ0v) is 14.6. The second-order valence-corrected chi connectivity index (χ2v) is 6.58. The van der Waals surface area contributed by atoms with Crippen molar-refractivity contribution in [1.29, 1.82) is 0 Å². The third-order valence-corrected chi connectivity index (χ3v) is 4.75. The van der Waals surface area contributed by atoms with Gasteiger partial charge in [0.1, 0.15) is 5.82 Å². The van der Waals surface area contributed by atoms with Crippen LogP contribution in [0, 0.1) is 0 Å². The van der Waals surface area contributed by atoms with Crippen LogP contribution in [0.3, 0.4) is 0 Å². The highest BCUT2D eigenvalue weighted by atomic mass is 16.4. The zero-order valence-electron chi connectivity index (χ0n) is 14.6. The Labute approximate surface area is 154 Å². The number of aromatic nitrogens is 3. The van der Waals surface area contributed by atoms with Gasteiger partial charge in [-0.1, -0.05) is 0 Å². The van der Waals surface area contributed by atoms with Crippen molar-refractivity contribution in [2.75, 3.05) is 18.0 Å². The number of hydrogen-bond acceptors (Lipinski definition) is 5. The SMILES string of the molecule is O=C(O)N[C@H]1CCCN(c2ccnc3ccc(-c4nccc(=O)[nH]4)cc23)C1. The highest BCUT2D eigenvalue weighted by Crippen LogP contribution is 2.30. The Balaban J connectivity index is 1.73. The molecule has 1 atom stereocenters. The lowest BCUT2D eigenvalue weighted by Crippen LogP contribution is -2.47. The molecule has 3 heterocycles. The number of benzene rings is 1. The fourth-order valence-electron chi connectivity index (χ4n) is 3.56. The van der Waals surface area contributed by atoms with Gasteiger partial charge in [-0.05, 0) is 37.1 Å².